The van der Waals surface area contributed by atoms with Gasteiger partial charge in [0.2, 0.25) is 11.8 Å². The van der Waals surface area contributed by atoms with Crippen molar-refractivity contribution in [2.75, 3.05) is 19.6 Å². The Hall–Kier alpha value is -1.59. The summed E-state index contributed by atoms with van der Waals surface area (Å²) in [6.45, 7) is 3.74. The highest BCUT2D eigenvalue weighted by Gasteiger charge is 2.19. The first-order valence-electron chi connectivity index (χ1n) is 7.99. The van der Waals surface area contributed by atoms with Crippen molar-refractivity contribution < 1.29 is 9.59 Å². The monoisotopic (exact) mass is 296 g/mol. The number of hydrogen-bond acceptors (Lipinski definition) is 3. The second-order valence-electron chi connectivity index (χ2n) is 5.50. The fourth-order valence-electron chi connectivity index (χ4n) is 2.31. The van der Waals surface area contributed by atoms with Crippen LogP contribution in [0.1, 0.15) is 51.9 Å². The molecular weight excluding hydrogens is 268 g/mol. The summed E-state index contributed by atoms with van der Waals surface area (Å²) < 4.78 is 0. The summed E-state index contributed by atoms with van der Waals surface area (Å²) in [5.41, 5.74) is 0. The molecule has 2 amide bonds. The normalized spacial score (nSPS) is 20.9. The van der Waals surface area contributed by atoms with Crippen molar-refractivity contribution in [2.24, 2.45) is 5.92 Å². The zero-order chi connectivity index (χ0) is 15.5. The minimum Gasteiger partial charge on any atom is -0.374 e. The Morgan fingerprint density at radius 3 is 2.86 bits per heavy atom. The van der Waals surface area contributed by atoms with Crippen LogP contribution in [0.25, 0.3) is 0 Å². The minimum atomic E-state index is -0.176. The van der Waals surface area contributed by atoms with E-state index in [2.05, 4.69) is 16.0 Å². The Kier molecular flexibility index (Phi) is 8.47. The zero-order valence-corrected chi connectivity index (χ0v) is 13.0. The quantitative estimate of drug-likeness (QED) is 0.348. The maximum Gasteiger partial charge on any atom is 0.224 e. The highest BCUT2D eigenvalue weighted by molar-refractivity contribution is 5.81. The zero-order valence-electron chi connectivity index (χ0n) is 13.0. The molecule has 120 valence electrons. The third kappa shape index (κ3) is 7.68. The molecule has 0 aromatic heterocycles. The number of rotatable bonds is 5. The SMILES string of the molecule is CCC(=N)NCCC[C@@H]1CNC(=O)CCCCCNC1=O. The van der Waals surface area contributed by atoms with Crippen LogP contribution in [0.15, 0.2) is 0 Å². The van der Waals surface area contributed by atoms with Crippen molar-refractivity contribution in [3.8, 4) is 0 Å². The molecule has 0 aliphatic carbocycles. The summed E-state index contributed by atoms with van der Waals surface area (Å²) in [6, 6.07) is 0. The van der Waals surface area contributed by atoms with E-state index in [4.69, 9.17) is 5.41 Å². The predicted molar refractivity (Wildman–Crippen MR) is 83.2 cm³/mol. The molecule has 6 nitrogen and oxygen atoms in total. The van der Waals surface area contributed by atoms with Crippen LogP contribution in [0.2, 0.25) is 0 Å². The van der Waals surface area contributed by atoms with Gasteiger partial charge in [0.15, 0.2) is 0 Å². The highest BCUT2D eigenvalue weighted by Crippen LogP contribution is 2.08. The Morgan fingerprint density at radius 2 is 2.10 bits per heavy atom. The molecule has 0 saturated carbocycles. The molecule has 21 heavy (non-hydrogen) atoms. The first kappa shape index (κ1) is 17.5. The van der Waals surface area contributed by atoms with E-state index in [0.29, 0.717) is 38.3 Å². The van der Waals surface area contributed by atoms with Gasteiger partial charge in [0.1, 0.15) is 0 Å². The van der Waals surface area contributed by atoms with Crippen molar-refractivity contribution in [1.82, 2.24) is 16.0 Å². The molecule has 1 rings (SSSR count). The minimum absolute atomic E-state index is 0.0303. The van der Waals surface area contributed by atoms with Gasteiger partial charge in [-0.1, -0.05) is 13.3 Å². The van der Waals surface area contributed by atoms with E-state index in [-0.39, 0.29) is 17.7 Å². The molecule has 1 aliphatic heterocycles. The van der Waals surface area contributed by atoms with Crippen molar-refractivity contribution in [3.63, 3.8) is 0 Å². The molecule has 6 heteroatoms. The van der Waals surface area contributed by atoms with Crippen LogP contribution in [0.5, 0.6) is 0 Å². The highest BCUT2D eigenvalue weighted by atomic mass is 16.2. The summed E-state index contributed by atoms with van der Waals surface area (Å²) in [5.74, 6) is 0.420. The van der Waals surface area contributed by atoms with Crippen LogP contribution in [-0.2, 0) is 9.59 Å². The molecule has 1 atom stereocenters. The number of hydrogen-bond donors (Lipinski definition) is 4. The molecule has 4 N–H and O–H groups in total. The van der Waals surface area contributed by atoms with E-state index in [1.807, 2.05) is 6.92 Å². The van der Waals surface area contributed by atoms with Gasteiger partial charge >= 0.3 is 0 Å². The molecular formula is C15H28N4O2. The van der Waals surface area contributed by atoms with Crippen molar-refractivity contribution in [1.29, 1.82) is 5.41 Å². The Bertz CT molecular complexity index is 358. The van der Waals surface area contributed by atoms with Gasteiger partial charge in [0.05, 0.1) is 11.8 Å². The van der Waals surface area contributed by atoms with Gasteiger partial charge in [0, 0.05) is 32.5 Å². The van der Waals surface area contributed by atoms with Crippen LogP contribution < -0.4 is 16.0 Å². The first-order valence-corrected chi connectivity index (χ1v) is 7.99. The number of amides is 2. The molecule has 0 aromatic carbocycles. The van der Waals surface area contributed by atoms with Crippen molar-refractivity contribution in [2.45, 2.75) is 51.9 Å². The molecule has 0 unspecified atom stereocenters. The van der Waals surface area contributed by atoms with Gasteiger partial charge in [-0.2, -0.15) is 0 Å². The lowest BCUT2D eigenvalue weighted by Gasteiger charge is -2.17. The Labute approximate surface area is 127 Å². The predicted octanol–water partition coefficient (Wildman–Crippen LogP) is 1.17. The van der Waals surface area contributed by atoms with Gasteiger partial charge < -0.3 is 16.0 Å². The van der Waals surface area contributed by atoms with Gasteiger partial charge in [-0.25, -0.2) is 0 Å². The van der Waals surface area contributed by atoms with E-state index in [9.17, 15) is 9.59 Å². The van der Waals surface area contributed by atoms with E-state index >= 15 is 0 Å². The second-order valence-corrected chi connectivity index (χ2v) is 5.50. The lowest BCUT2D eigenvalue weighted by Crippen LogP contribution is -2.39. The van der Waals surface area contributed by atoms with Crippen LogP contribution in [-0.4, -0.2) is 37.3 Å². The fraction of sp³-hybridized carbons (Fsp3) is 0.800. The lowest BCUT2D eigenvalue weighted by atomic mass is 10.0. The molecule has 0 aromatic rings. The van der Waals surface area contributed by atoms with Crippen LogP contribution in [0, 0.1) is 11.3 Å². The largest absolute Gasteiger partial charge is 0.374 e. The molecule has 0 bridgehead atoms. The van der Waals surface area contributed by atoms with Gasteiger partial charge in [-0.05, 0) is 25.7 Å². The maximum atomic E-state index is 12.1. The molecule has 1 fully saturated rings. The van der Waals surface area contributed by atoms with Crippen molar-refractivity contribution in [3.05, 3.63) is 0 Å². The van der Waals surface area contributed by atoms with E-state index in [1.165, 1.54) is 0 Å². The van der Waals surface area contributed by atoms with E-state index < -0.39 is 0 Å². The standard InChI is InChI=1S/C15H28N4O2/c1-2-13(16)17-10-6-7-12-11-19-14(20)8-4-3-5-9-18-15(12)21/h12H,2-11H2,1H3,(H2,16,17)(H,18,21)(H,19,20)/t12-/m1/s1. The Morgan fingerprint density at radius 1 is 1.29 bits per heavy atom. The summed E-state index contributed by atoms with van der Waals surface area (Å²) in [4.78, 5) is 23.8. The number of nitrogens with one attached hydrogen (secondary N) is 4. The van der Waals surface area contributed by atoms with Crippen molar-refractivity contribution >= 4 is 17.6 Å². The molecule has 1 aliphatic rings. The molecule has 0 spiro atoms. The Balaban J connectivity index is 2.39. The van der Waals surface area contributed by atoms with Crippen LogP contribution >= 0.6 is 0 Å². The van der Waals surface area contributed by atoms with Gasteiger partial charge in [-0.3, -0.25) is 15.0 Å². The third-order valence-corrected chi connectivity index (χ3v) is 3.72. The average molecular weight is 296 g/mol. The average Bonchev–Trinajstić information content (AvgIpc) is 2.51. The van der Waals surface area contributed by atoms with Gasteiger partial charge in [0.25, 0.3) is 0 Å². The van der Waals surface area contributed by atoms with Crippen LogP contribution in [0.3, 0.4) is 0 Å². The molecule has 1 heterocycles. The summed E-state index contributed by atoms with van der Waals surface area (Å²) in [7, 11) is 0. The lowest BCUT2D eigenvalue weighted by molar-refractivity contribution is -0.125. The number of amidine groups is 1. The summed E-state index contributed by atoms with van der Waals surface area (Å²) in [5, 5.41) is 16.4. The molecule has 1 saturated heterocycles. The summed E-state index contributed by atoms with van der Waals surface area (Å²) >= 11 is 0. The van der Waals surface area contributed by atoms with Crippen LogP contribution in [0.4, 0.5) is 0 Å². The third-order valence-electron chi connectivity index (χ3n) is 3.72. The maximum absolute atomic E-state index is 12.1. The topological polar surface area (TPSA) is 94.1 Å². The second kappa shape index (κ2) is 10.2. The fourth-order valence-corrected chi connectivity index (χ4v) is 2.31. The van der Waals surface area contributed by atoms with E-state index in [0.717, 1.165) is 32.1 Å². The van der Waals surface area contributed by atoms with E-state index in [1.54, 1.807) is 0 Å². The smallest absolute Gasteiger partial charge is 0.224 e. The van der Waals surface area contributed by atoms with Gasteiger partial charge in [-0.15, -0.1) is 0 Å². The first-order chi connectivity index (χ1) is 10.1. The summed E-state index contributed by atoms with van der Waals surface area (Å²) in [6.07, 6.45) is 5.57. The molecule has 0 radical (unpaired) electrons. The number of carbonyl (C=O) groups is 2. The number of carbonyl (C=O) groups excluding carboxylic acids is 2.